The average Bonchev–Trinajstić information content (AvgIpc) is 2.77. The molecule has 2 aromatic heterocycles. The molecule has 0 aliphatic heterocycles. The number of hydrogen-bond donors (Lipinski definition) is 2. The van der Waals surface area contributed by atoms with Crippen molar-refractivity contribution < 1.29 is 9.53 Å². The number of nitrogens with two attached hydrogens (primary N) is 1. The van der Waals surface area contributed by atoms with Crippen molar-refractivity contribution >= 4 is 27.7 Å². The number of ether oxygens (including phenoxy) is 1. The van der Waals surface area contributed by atoms with Gasteiger partial charge in [0.25, 0.3) is 5.91 Å². The number of amides is 1. The van der Waals surface area contributed by atoms with Crippen molar-refractivity contribution in [1.82, 2.24) is 9.97 Å². The Balaban J connectivity index is 2.41. The van der Waals surface area contributed by atoms with Crippen LogP contribution in [0.3, 0.4) is 0 Å². The lowest BCUT2D eigenvalue weighted by atomic mass is 10.1. The topological polar surface area (TPSA) is 81.0 Å². The van der Waals surface area contributed by atoms with Crippen LogP contribution in [0.5, 0.6) is 5.88 Å². The van der Waals surface area contributed by atoms with E-state index < -0.39 is 5.91 Å². The first-order valence-electron chi connectivity index (χ1n) is 6.04. The number of pyridine rings is 1. The standard InChI is InChI=1S/C14H13N3O2/c1-2-19-11-7-9-8-5-3-4-6-10(8)16-12(9)13(17-11)14(15)18/h3-7,16H,2H2,1H3,(H2,15,18). The van der Waals surface area contributed by atoms with Crippen LogP contribution in [0.1, 0.15) is 17.4 Å². The van der Waals surface area contributed by atoms with Gasteiger partial charge in [0.1, 0.15) is 0 Å². The Hall–Kier alpha value is -2.56. The molecule has 0 spiro atoms. The van der Waals surface area contributed by atoms with Crippen LogP contribution in [0.25, 0.3) is 21.8 Å². The molecule has 0 aliphatic rings. The van der Waals surface area contributed by atoms with Crippen molar-refractivity contribution in [2.75, 3.05) is 6.61 Å². The molecule has 0 aliphatic carbocycles. The lowest BCUT2D eigenvalue weighted by molar-refractivity contribution is 0.0996. The summed E-state index contributed by atoms with van der Waals surface area (Å²) in [5.41, 5.74) is 7.19. The minimum absolute atomic E-state index is 0.206. The quantitative estimate of drug-likeness (QED) is 0.752. The van der Waals surface area contributed by atoms with Crippen molar-refractivity contribution in [2.45, 2.75) is 6.92 Å². The van der Waals surface area contributed by atoms with Crippen molar-refractivity contribution in [3.05, 3.63) is 36.0 Å². The molecular weight excluding hydrogens is 242 g/mol. The number of carbonyl (C=O) groups excluding carboxylic acids is 1. The molecule has 0 bridgehead atoms. The van der Waals surface area contributed by atoms with E-state index >= 15 is 0 Å². The van der Waals surface area contributed by atoms with Gasteiger partial charge in [0.2, 0.25) is 5.88 Å². The Morgan fingerprint density at radius 2 is 2.16 bits per heavy atom. The second-order valence-electron chi connectivity index (χ2n) is 4.20. The zero-order chi connectivity index (χ0) is 13.4. The van der Waals surface area contributed by atoms with E-state index in [0.29, 0.717) is 18.0 Å². The van der Waals surface area contributed by atoms with Gasteiger partial charge in [-0.1, -0.05) is 18.2 Å². The number of fused-ring (bicyclic) bond motifs is 3. The van der Waals surface area contributed by atoms with E-state index in [1.165, 1.54) is 0 Å². The molecule has 0 radical (unpaired) electrons. The number of nitrogens with zero attached hydrogens (tertiary/aromatic N) is 1. The molecule has 5 nitrogen and oxygen atoms in total. The summed E-state index contributed by atoms with van der Waals surface area (Å²) >= 11 is 0. The molecule has 96 valence electrons. The second-order valence-corrected chi connectivity index (χ2v) is 4.20. The van der Waals surface area contributed by atoms with Gasteiger partial charge in [-0.2, -0.15) is 0 Å². The highest BCUT2D eigenvalue weighted by Gasteiger charge is 2.15. The van der Waals surface area contributed by atoms with E-state index in [-0.39, 0.29) is 5.69 Å². The summed E-state index contributed by atoms with van der Waals surface area (Å²) in [5.74, 6) is -0.160. The fourth-order valence-electron chi connectivity index (χ4n) is 2.22. The summed E-state index contributed by atoms with van der Waals surface area (Å²) in [6, 6.07) is 9.62. The predicted octanol–water partition coefficient (Wildman–Crippen LogP) is 2.21. The van der Waals surface area contributed by atoms with E-state index in [2.05, 4.69) is 9.97 Å². The third-order valence-electron chi connectivity index (χ3n) is 3.00. The van der Waals surface area contributed by atoms with E-state index in [9.17, 15) is 4.79 Å². The Labute approximate surface area is 109 Å². The fraction of sp³-hybridized carbons (Fsp3) is 0.143. The van der Waals surface area contributed by atoms with Gasteiger partial charge in [0.05, 0.1) is 12.1 Å². The Morgan fingerprint density at radius 1 is 1.37 bits per heavy atom. The molecule has 0 saturated heterocycles. The van der Waals surface area contributed by atoms with Crippen molar-refractivity contribution in [3.63, 3.8) is 0 Å². The molecule has 0 unspecified atom stereocenters. The zero-order valence-electron chi connectivity index (χ0n) is 10.4. The zero-order valence-corrected chi connectivity index (χ0v) is 10.4. The number of nitrogens with one attached hydrogen (secondary N) is 1. The van der Waals surface area contributed by atoms with Crippen molar-refractivity contribution in [1.29, 1.82) is 0 Å². The van der Waals surface area contributed by atoms with Crippen LogP contribution in [0.4, 0.5) is 0 Å². The minimum Gasteiger partial charge on any atom is -0.478 e. The Morgan fingerprint density at radius 3 is 2.89 bits per heavy atom. The predicted molar refractivity (Wildman–Crippen MR) is 73.3 cm³/mol. The number of aromatic nitrogens is 2. The second kappa shape index (κ2) is 4.28. The molecule has 3 rings (SSSR count). The summed E-state index contributed by atoms with van der Waals surface area (Å²) < 4.78 is 5.39. The van der Waals surface area contributed by atoms with Crippen LogP contribution in [0.2, 0.25) is 0 Å². The number of H-pyrrole nitrogens is 1. The first kappa shape index (κ1) is 11.5. The van der Waals surface area contributed by atoms with Gasteiger partial charge in [-0.05, 0) is 13.0 Å². The number of aromatic amines is 1. The minimum atomic E-state index is -0.571. The summed E-state index contributed by atoms with van der Waals surface area (Å²) in [6.07, 6.45) is 0. The van der Waals surface area contributed by atoms with E-state index in [4.69, 9.17) is 10.5 Å². The molecule has 19 heavy (non-hydrogen) atoms. The normalized spacial score (nSPS) is 11.0. The number of rotatable bonds is 3. The molecule has 5 heteroatoms. The molecular formula is C14H13N3O2. The summed E-state index contributed by atoms with van der Waals surface area (Å²) in [4.78, 5) is 18.9. The number of primary amides is 1. The summed E-state index contributed by atoms with van der Waals surface area (Å²) in [7, 11) is 0. The Kier molecular flexibility index (Phi) is 2.59. The summed E-state index contributed by atoms with van der Waals surface area (Å²) in [5, 5.41) is 1.91. The highest BCUT2D eigenvalue weighted by atomic mass is 16.5. The van der Waals surface area contributed by atoms with Crippen LogP contribution >= 0.6 is 0 Å². The molecule has 0 fully saturated rings. The third-order valence-corrected chi connectivity index (χ3v) is 3.00. The first-order valence-corrected chi connectivity index (χ1v) is 6.04. The van der Waals surface area contributed by atoms with Crippen LogP contribution in [-0.4, -0.2) is 22.5 Å². The van der Waals surface area contributed by atoms with Crippen LogP contribution < -0.4 is 10.5 Å². The molecule has 3 N–H and O–H groups in total. The number of carbonyl (C=O) groups is 1. The van der Waals surface area contributed by atoms with Crippen LogP contribution in [0, 0.1) is 0 Å². The highest BCUT2D eigenvalue weighted by Crippen LogP contribution is 2.29. The lowest BCUT2D eigenvalue weighted by Crippen LogP contribution is -2.14. The number of benzene rings is 1. The maximum Gasteiger partial charge on any atom is 0.269 e. The third kappa shape index (κ3) is 1.79. The van der Waals surface area contributed by atoms with Gasteiger partial charge in [-0.15, -0.1) is 0 Å². The smallest absolute Gasteiger partial charge is 0.269 e. The van der Waals surface area contributed by atoms with Gasteiger partial charge >= 0.3 is 0 Å². The SMILES string of the molecule is CCOc1cc2c([nH]c3ccccc32)c(C(N)=O)n1. The van der Waals surface area contributed by atoms with Gasteiger partial charge in [-0.3, -0.25) is 4.79 Å². The van der Waals surface area contributed by atoms with Crippen molar-refractivity contribution in [3.8, 4) is 5.88 Å². The molecule has 1 amide bonds. The van der Waals surface area contributed by atoms with Gasteiger partial charge in [0.15, 0.2) is 5.69 Å². The average molecular weight is 255 g/mol. The molecule has 3 aromatic rings. The van der Waals surface area contributed by atoms with Crippen LogP contribution in [-0.2, 0) is 0 Å². The molecule has 0 saturated carbocycles. The maximum absolute atomic E-state index is 11.5. The van der Waals surface area contributed by atoms with Crippen LogP contribution in [0.15, 0.2) is 30.3 Å². The Bertz CT molecular complexity index is 777. The first-order chi connectivity index (χ1) is 9.20. The largest absolute Gasteiger partial charge is 0.478 e. The van der Waals surface area contributed by atoms with Gasteiger partial charge in [0, 0.05) is 22.4 Å². The fourth-order valence-corrected chi connectivity index (χ4v) is 2.22. The molecule has 1 aromatic carbocycles. The monoisotopic (exact) mass is 255 g/mol. The van der Waals surface area contributed by atoms with E-state index in [1.54, 1.807) is 0 Å². The van der Waals surface area contributed by atoms with Crippen molar-refractivity contribution in [2.24, 2.45) is 5.73 Å². The highest BCUT2D eigenvalue weighted by molar-refractivity contribution is 6.13. The molecule has 2 heterocycles. The lowest BCUT2D eigenvalue weighted by Gasteiger charge is -2.04. The number of para-hydroxylation sites is 1. The molecule has 0 atom stereocenters. The summed E-state index contributed by atoms with van der Waals surface area (Å²) in [6.45, 7) is 2.35. The maximum atomic E-state index is 11.5. The van der Waals surface area contributed by atoms with Gasteiger partial charge < -0.3 is 15.5 Å². The van der Waals surface area contributed by atoms with E-state index in [0.717, 1.165) is 16.3 Å². The van der Waals surface area contributed by atoms with Gasteiger partial charge in [-0.25, -0.2) is 4.98 Å². The number of hydrogen-bond acceptors (Lipinski definition) is 3. The van der Waals surface area contributed by atoms with E-state index in [1.807, 2.05) is 37.3 Å².